The number of aryl methyl sites for hydroxylation is 2. The highest BCUT2D eigenvalue weighted by Crippen LogP contribution is 2.40. The van der Waals surface area contributed by atoms with E-state index in [1.165, 1.54) is 5.56 Å². The Hall–Kier alpha value is -3.13. The van der Waals surface area contributed by atoms with Crippen molar-refractivity contribution >= 4 is 17.7 Å². The SMILES string of the molecule is CCOC(=O)CNC(=O)Nc1c2c(cc(C)c1-c1ccnc(OC3CCN(C)CC3)c1)CCC2. The van der Waals surface area contributed by atoms with Crippen molar-refractivity contribution in [3.8, 4) is 17.0 Å². The van der Waals surface area contributed by atoms with Gasteiger partial charge < -0.3 is 25.0 Å². The lowest BCUT2D eigenvalue weighted by Crippen LogP contribution is -2.35. The van der Waals surface area contributed by atoms with Gasteiger partial charge in [-0.2, -0.15) is 0 Å². The molecule has 2 amide bonds. The Morgan fingerprint density at radius 2 is 2.00 bits per heavy atom. The Balaban J connectivity index is 1.59. The van der Waals surface area contributed by atoms with Gasteiger partial charge in [0.25, 0.3) is 0 Å². The molecule has 1 aromatic heterocycles. The molecule has 0 saturated carbocycles. The Labute approximate surface area is 201 Å². The number of piperidine rings is 1. The van der Waals surface area contributed by atoms with Crippen molar-refractivity contribution < 1.29 is 19.1 Å². The number of pyridine rings is 1. The predicted molar refractivity (Wildman–Crippen MR) is 131 cm³/mol. The fourth-order valence-electron chi connectivity index (χ4n) is 4.83. The first-order valence-electron chi connectivity index (χ1n) is 12.1. The topological polar surface area (TPSA) is 92.8 Å². The number of aromatic nitrogens is 1. The number of fused-ring (bicyclic) bond motifs is 1. The second-order valence-electron chi connectivity index (χ2n) is 9.05. The number of nitrogens with zero attached hydrogens (tertiary/aromatic N) is 2. The quantitative estimate of drug-likeness (QED) is 0.605. The van der Waals surface area contributed by atoms with Crippen LogP contribution in [-0.2, 0) is 22.4 Å². The van der Waals surface area contributed by atoms with Crippen molar-refractivity contribution in [2.45, 2.75) is 52.1 Å². The Morgan fingerprint density at radius 1 is 1.21 bits per heavy atom. The smallest absolute Gasteiger partial charge is 0.325 e. The van der Waals surface area contributed by atoms with Crippen LogP contribution in [0, 0.1) is 6.92 Å². The lowest BCUT2D eigenvalue weighted by Gasteiger charge is -2.29. The summed E-state index contributed by atoms with van der Waals surface area (Å²) in [4.78, 5) is 31.1. The van der Waals surface area contributed by atoms with E-state index in [2.05, 4.69) is 40.6 Å². The molecule has 0 unspecified atom stereocenters. The van der Waals surface area contributed by atoms with Gasteiger partial charge in [0.1, 0.15) is 12.6 Å². The third-order valence-corrected chi connectivity index (χ3v) is 6.51. The standard InChI is InChI=1S/C26H34N4O4/c1-4-33-23(31)16-28-26(32)29-25-21-7-5-6-18(21)14-17(2)24(25)19-8-11-27-22(15-19)34-20-9-12-30(3)13-10-20/h8,11,14-15,20H,4-7,9-10,12-13,16H2,1-3H3,(H2,28,29,32). The Bertz CT molecular complexity index is 1050. The third-order valence-electron chi connectivity index (χ3n) is 6.51. The summed E-state index contributed by atoms with van der Waals surface area (Å²) in [5, 5.41) is 5.64. The minimum atomic E-state index is -0.461. The molecular formula is C26H34N4O4. The summed E-state index contributed by atoms with van der Waals surface area (Å²) in [6, 6.07) is 5.71. The summed E-state index contributed by atoms with van der Waals surface area (Å²) < 4.78 is 11.1. The van der Waals surface area contributed by atoms with E-state index < -0.39 is 12.0 Å². The van der Waals surface area contributed by atoms with E-state index in [1.54, 1.807) is 13.1 Å². The first-order valence-corrected chi connectivity index (χ1v) is 12.1. The van der Waals surface area contributed by atoms with Crippen molar-refractivity contribution in [2.24, 2.45) is 0 Å². The molecule has 1 aliphatic heterocycles. The van der Waals surface area contributed by atoms with Gasteiger partial charge in [-0.25, -0.2) is 9.78 Å². The highest BCUT2D eigenvalue weighted by Gasteiger charge is 2.24. The maximum Gasteiger partial charge on any atom is 0.325 e. The Kier molecular flexibility index (Phi) is 7.67. The number of carbonyl (C=O) groups is 2. The molecule has 2 N–H and O–H groups in total. The van der Waals surface area contributed by atoms with E-state index in [1.807, 2.05) is 12.1 Å². The zero-order valence-electron chi connectivity index (χ0n) is 20.3. The van der Waals surface area contributed by atoms with Gasteiger partial charge in [-0.05, 0) is 81.3 Å². The molecule has 1 aromatic carbocycles. The molecule has 1 saturated heterocycles. The molecule has 0 radical (unpaired) electrons. The normalized spacial score (nSPS) is 16.1. The minimum absolute atomic E-state index is 0.159. The second-order valence-corrected chi connectivity index (χ2v) is 9.05. The monoisotopic (exact) mass is 466 g/mol. The highest BCUT2D eigenvalue weighted by atomic mass is 16.5. The van der Waals surface area contributed by atoms with Crippen LogP contribution in [0.1, 0.15) is 42.9 Å². The van der Waals surface area contributed by atoms with E-state index in [-0.39, 0.29) is 19.3 Å². The molecule has 4 rings (SSSR count). The lowest BCUT2D eigenvalue weighted by atomic mass is 9.93. The van der Waals surface area contributed by atoms with Crippen LogP contribution >= 0.6 is 0 Å². The minimum Gasteiger partial charge on any atom is -0.474 e. The fourth-order valence-corrected chi connectivity index (χ4v) is 4.83. The van der Waals surface area contributed by atoms with Gasteiger partial charge in [-0.15, -0.1) is 0 Å². The average Bonchev–Trinajstić information content (AvgIpc) is 3.28. The molecule has 2 heterocycles. The van der Waals surface area contributed by atoms with Crippen LogP contribution in [0.5, 0.6) is 5.88 Å². The van der Waals surface area contributed by atoms with Crippen LogP contribution in [0.4, 0.5) is 10.5 Å². The van der Waals surface area contributed by atoms with E-state index in [0.29, 0.717) is 5.88 Å². The number of likely N-dealkylation sites (tertiary alicyclic amines) is 1. The van der Waals surface area contributed by atoms with Crippen molar-refractivity contribution in [2.75, 3.05) is 38.6 Å². The zero-order valence-corrected chi connectivity index (χ0v) is 20.3. The molecule has 1 fully saturated rings. The summed E-state index contributed by atoms with van der Waals surface area (Å²) >= 11 is 0. The molecule has 0 spiro atoms. The van der Waals surface area contributed by atoms with E-state index in [4.69, 9.17) is 9.47 Å². The number of ether oxygens (including phenoxy) is 2. The van der Waals surface area contributed by atoms with Crippen molar-refractivity contribution in [1.29, 1.82) is 0 Å². The van der Waals surface area contributed by atoms with Crippen LogP contribution in [0.3, 0.4) is 0 Å². The van der Waals surface area contributed by atoms with Gasteiger partial charge in [-0.3, -0.25) is 4.79 Å². The van der Waals surface area contributed by atoms with Gasteiger partial charge in [-0.1, -0.05) is 6.07 Å². The van der Waals surface area contributed by atoms with Crippen molar-refractivity contribution in [3.63, 3.8) is 0 Å². The number of esters is 1. The van der Waals surface area contributed by atoms with E-state index >= 15 is 0 Å². The zero-order chi connectivity index (χ0) is 24.1. The number of carbonyl (C=O) groups excluding carboxylic acids is 2. The fraction of sp³-hybridized carbons (Fsp3) is 0.500. The molecule has 8 heteroatoms. The van der Waals surface area contributed by atoms with Crippen LogP contribution in [0.25, 0.3) is 11.1 Å². The summed E-state index contributed by atoms with van der Waals surface area (Å²) in [5.74, 6) is 0.141. The number of rotatable bonds is 7. The maximum absolute atomic E-state index is 12.7. The predicted octanol–water partition coefficient (Wildman–Crippen LogP) is 3.70. The van der Waals surface area contributed by atoms with Gasteiger partial charge in [0, 0.05) is 30.9 Å². The van der Waals surface area contributed by atoms with E-state index in [9.17, 15) is 9.59 Å². The molecule has 0 atom stereocenters. The molecule has 2 aromatic rings. The number of hydrogen-bond donors (Lipinski definition) is 2. The van der Waals surface area contributed by atoms with Crippen molar-refractivity contribution in [3.05, 3.63) is 41.1 Å². The molecular weight excluding hydrogens is 432 g/mol. The van der Waals surface area contributed by atoms with E-state index in [0.717, 1.165) is 73.1 Å². The third kappa shape index (κ3) is 5.67. The molecule has 2 aliphatic rings. The van der Waals surface area contributed by atoms with Gasteiger partial charge in [0.2, 0.25) is 5.88 Å². The largest absolute Gasteiger partial charge is 0.474 e. The summed E-state index contributed by atoms with van der Waals surface area (Å²) in [7, 11) is 2.13. The molecule has 8 nitrogen and oxygen atoms in total. The first-order chi connectivity index (χ1) is 16.4. The lowest BCUT2D eigenvalue weighted by molar-refractivity contribution is -0.141. The summed E-state index contributed by atoms with van der Waals surface area (Å²) in [6.45, 7) is 5.94. The van der Waals surface area contributed by atoms with Gasteiger partial charge >= 0.3 is 12.0 Å². The number of benzene rings is 1. The molecule has 0 bridgehead atoms. The summed E-state index contributed by atoms with van der Waals surface area (Å²) in [6.07, 6.45) is 6.83. The number of amides is 2. The second kappa shape index (κ2) is 10.9. The highest BCUT2D eigenvalue weighted by molar-refractivity contribution is 5.98. The van der Waals surface area contributed by atoms with Crippen LogP contribution in [0.2, 0.25) is 0 Å². The van der Waals surface area contributed by atoms with Crippen LogP contribution in [-0.4, -0.2) is 61.3 Å². The van der Waals surface area contributed by atoms with Crippen LogP contribution in [0.15, 0.2) is 24.4 Å². The summed E-state index contributed by atoms with van der Waals surface area (Å²) in [5.41, 5.74) is 6.21. The molecule has 34 heavy (non-hydrogen) atoms. The average molecular weight is 467 g/mol. The maximum atomic E-state index is 12.7. The Morgan fingerprint density at radius 3 is 2.76 bits per heavy atom. The molecule has 1 aliphatic carbocycles. The number of nitrogens with one attached hydrogen (secondary N) is 2. The van der Waals surface area contributed by atoms with Crippen molar-refractivity contribution in [1.82, 2.24) is 15.2 Å². The number of urea groups is 1. The number of hydrogen-bond acceptors (Lipinski definition) is 6. The van der Waals surface area contributed by atoms with Gasteiger partial charge in [0.05, 0.1) is 12.3 Å². The molecule has 182 valence electrons. The van der Waals surface area contributed by atoms with Gasteiger partial charge in [0.15, 0.2) is 0 Å². The number of anilines is 1. The first kappa shape index (κ1) is 24.0. The van der Waals surface area contributed by atoms with Crippen LogP contribution < -0.4 is 15.4 Å².